The van der Waals surface area contributed by atoms with E-state index in [-0.39, 0.29) is 25.7 Å². The van der Waals surface area contributed by atoms with Crippen molar-refractivity contribution < 1.29 is 33.6 Å². The zero-order valence-electron chi connectivity index (χ0n) is 14.6. The number of carboxylic acid groups (broad SMARTS) is 2. The van der Waals surface area contributed by atoms with Crippen LogP contribution in [0.15, 0.2) is 0 Å². The fourth-order valence-corrected chi connectivity index (χ4v) is 3.28. The summed E-state index contributed by atoms with van der Waals surface area (Å²) in [5.41, 5.74) is 5.32. The van der Waals surface area contributed by atoms with Gasteiger partial charge in [-0.15, -0.1) is 0 Å². The van der Waals surface area contributed by atoms with Gasteiger partial charge in [-0.1, -0.05) is 26.7 Å². The number of carbonyl (C=O) groups is 4. The van der Waals surface area contributed by atoms with E-state index in [0.717, 1.165) is 0 Å². The van der Waals surface area contributed by atoms with E-state index in [1.807, 2.05) is 0 Å². The molecule has 0 aliphatic carbocycles. The van der Waals surface area contributed by atoms with Crippen LogP contribution in [0, 0.1) is 4.78 Å². The highest BCUT2D eigenvalue weighted by Gasteiger charge is 2.37. The Kier molecular flexibility index (Phi) is 9.80. The molecular formula is C14H25N4O7S-. The van der Waals surface area contributed by atoms with Gasteiger partial charge in [-0.3, -0.25) is 19.2 Å². The summed E-state index contributed by atoms with van der Waals surface area (Å²) in [6.45, 7) is 2.49. The van der Waals surface area contributed by atoms with Crippen LogP contribution >= 0.6 is 0 Å². The Labute approximate surface area is 152 Å². The van der Waals surface area contributed by atoms with Gasteiger partial charge in [-0.05, 0) is 11.2 Å². The maximum atomic E-state index is 12.4. The van der Waals surface area contributed by atoms with Gasteiger partial charge >= 0.3 is 11.9 Å². The van der Waals surface area contributed by atoms with Crippen molar-refractivity contribution in [3.05, 3.63) is 0 Å². The number of nitrogens with one attached hydrogen (secondary N) is 3. The third-order valence-electron chi connectivity index (χ3n) is 4.07. The van der Waals surface area contributed by atoms with E-state index in [4.69, 9.17) is 20.7 Å². The Hall–Kier alpha value is -2.21. The first kappa shape index (κ1) is 23.8. The van der Waals surface area contributed by atoms with Crippen LogP contribution in [0.5, 0.6) is 0 Å². The van der Waals surface area contributed by atoms with Crippen LogP contribution in [0.25, 0.3) is 0 Å². The number of hydrogen-bond donors (Lipinski definition) is 6. The zero-order chi connectivity index (χ0) is 20.5. The van der Waals surface area contributed by atoms with Gasteiger partial charge in [0, 0.05) is 6.42 Å². The van der Waals surface area contributed by atoms with E-state index >= 15 is 0 Å². The predicted molar refractivity (Wildman–Crippen MR) is 91.5 cm³/mol. The largest absolute Gasteiger partial charge is 0.480 e. The molecule has 0 bridgehead atoms. The van der Waals surface area contributed by atoms with Gasteiger partial charge in [0.1, 0.15) is 12.6 Å². The van der Waals surface area contributed by atoms with Crippen LogP contribution in [0.2, 0.25) is 0 Å². The summed E-state index contributed by atoms with van der Waals surface area (Å²) in [5.74, 6) is -4.18. The van der Waals surface area contributed by atoms with E-state index in [1.165, 1.54) is 0 Å². The number of aliphatic carboxylic acids is 2. The van der Waals surface area contributed by atoms with Crippen LogP contribution in [0.1, 0.15) is 39.5 Å². The summed E-state index contributed by atoms with van der Waals surface area (Å²) in [4.78, 5) is 45.8. The molecular weight excluding hydrogens is 368 g/mol. The molecule has 26 heavy (non-hydrogen) atoms. The van der Waals surface area contributed by atoms with Crippen LogP contribution in [-0.2, 0) is 34.0 Å². The molecule has 0 saturated carbocycles. The normalized spacial score (nSPS) is 13.7. The van der Waals surface area contributed by atoms with Gasteiger partial charge in [0.05, 0.1) is 6.04 Å². The molecule has 12 heteroatoms. The molecule has 0 spiro atoms. The molecule has 0 rings (SSSR count). The molecule has 2 atom stereocenters. The first-order chi connectivity index (χ1) is 12.0. The summed E-state index contributed by atoms with van der Waals surface area (Å²) in [6, 6.07) is -2.67. The number of rotatable bonds is 12. The summed E-state index contributed by atoms with van der Waals surface area (Å²) in [5, 5.41) is 21.9. The highest BCUT2D eigenvalue weighted by molar-refractivity contribution is 7.75. The van der Waals surface area contributed by atoms with Crippen LogP contribution < -0.4 is 16.4 Å². The predicted octanol–water partition coefficient (Wildman–Crippen LogP) is -0.851. The molecule has 0 radical (unpaired) electrons. The summed E-state index contributed by atoms with van der Waals surface area (Å²) in [7, 11) is -2.26. The number of amides is 2. The third-order valence-corrected chi connectivity index (χ3v) is 5.62. The second-order valence-corrected chi connectivity index (χ2v) is 6.99. The van der Waals surface area contributed by atoms with Crippen molar-refractivity contribution in [3.8, 4) is 0 Å². The van der Waals surface area contributed by atoms with Crippen molar-refractivity contribution in [1.29, 1.82) is 4.78 Å². The first-order valence-corrected chi connectivity index (χ1v) is 9.07. The molecule has 0 aliphatic rings. The lowest BCUT2D eigenvalue weighted by Gasteiger charge is -2.42. The summed E-state index contributed by atoms with van der Waals surface area (Å²) in [6.07, 6.45) is -0.260. The zero-order valence-corrected chi connectivity index (χ0v) is 15.4. The molecule has 0 aromatic carbocycles. The standard InChI is InChI=1S/C14H25N4O7S/c1-3-14(4-2,26(16)25)11(12(22)17-7-10(20)21)18-9(19)6-5-8(15)13(23)24/h8,11,16H,3-7,15H2,1-2H3,(H,17,22)(H,18,19)(H,20,21)(H,23,24)/q-1. The Morgan fingerprint density at radius 1 is 1.19 bits per heavy atom. The molecule has 0 fully saturated rings. The number of hydrogen-bond acceptors (Lipinski definition) is 8. The van der Waals surface area contributed by atoms with Gasteiger partial charge in [-0.2, -0.15) is 10.6 Å². The molecule has 7 N–H and O–H groups in total. The van der Waals surface area contributed by atoms with E-state index in [2.05, 4.69) is 10.6 Å². The van der Waals surface area contributed by atoms with Crippen molar-refractivity contribution in [2.24, 2.45) is 5.73 Å². The van der Waals surface area contributed by atoms with Crippen molar-refractivity contribution in [2.75, 3.05) is 6.54 Å². The van der Waals surface area contributed by atoms with Crippen LogP contribution in [-0.4, -0.2) is 57.3 Å². The molecule has 2 amide bonds. The minimum Gasteiger partial charge on any atom is -0.480 e. The molecule has 0 saturated heterocycles. The van der Waals surface area contributed by atoms with Gasteiger partial charge < -0.3 is 35.6 Å². The molecule has 2 unspecified atom stereocenters. The Morgan fingerprint density at radius 3 is 2.12 bits per heavy atom. The average Bonchev–Trinajstić information content (AvgIpc) is 2.57. The maximum absolute atomic E-state index is 12.4. The van der Waals surface area contributed by atoms with Crippen LogP contribution in [0.3, 0.4) is 0 Å². The minimum atomic E-state index is -2.26. The Balaban J connectivity index is 5.44. The number of nitrogens with two attached hydrogens (primary N) is 1. The van der Waals surface area contributed by atoms with Crippen LogP contribution in [0.4, 0.5) is 0 Å². The molecule has 150 valence electrons. The SMILES string of the molecule is CCC(CC)(C(NC(=O)CCC(N)C(=O)O)C(=O)NCC(=O)O)[S-](=N)=O. The van der Waals surface area contributed by atoms with Gasteiger partial charge in [-0.25, -0.2) is 0 Å². The molecule has 0 aliphatic heterocycles. The summed E-state index contributed by atoms with van der Waals surface area (Å²) >= 11 is 0. The molecule has 11 nitrogen and oxygen atoms in total. The fraction of sp³-hybridized carbons (Fsp3) is 0.714. The van der Waals surface area contributed by atoms with Crippen molar-refractivity contribution in [2.45, 2.75) is 56.4 Å². The molecule has 0 heterocycles. The average molecular weight is 393 g/mol. The lowest BCUT2D eigenvalue weighted by molar-refractivity contribution is -0.139. The fourth-order valence-electron chi connectivity index (χ4n) is 2.37. The smallest absolute Gasteiger partial charge is 0.322 e. The van der Waals surface area contributed by atoms with E-state index < -0.39 is 57.7 Å². The highest BCUT2D eigenvalue weighted by atomic mass is 32.2. The minimum absolute atomic E-state index is 0.111. The molecule has 0 aromatic rings. The van der Waals surface area contributed by atoms with E-state index in [9.17, 15) is 23.4 Å². The van der Waals surface area contributed by atoms with E-state index in [0.29, 0.717) is 0 Å². The highest BCUT2D eigenvalue weighted by Crippen LogP contribution is 2.25. The van der Waals surface area contributed by atoms with Gasteiger partial charge in [0.25, 0.3) is 0 Å². The second kappa shape index (κ2) is 10.7. The maximum Gasteiger partial charge on any atom is 0.322 e. The number of carbonyl (C=O) groups excluding carboxylic acids is 2. The van der Waals surface area contributed by atoms with E-state index in [1.54, 1.807) is 13.8 Å². The second-order valence-electron chi connectivity index (χ2n) is 5.64. The number of carboxylic acids is 2. The lowest BCUT2D eigenvalue weighted by atomic mass is 9.91. The lowest BCUT2D eigenvalue weighted by Crippen LogP contribution is -2.60. The Bertz CT molecular complexity index is 608. The summed E-state index contributed by atoms with van der Waals surface area (Å²) < 4.78 is 18.2. The van der Waals surface area contributed by atoms with Gasteiger partial charge in [0.2, 0.25) is 11.8 Å². The van der Waals surface area contributed by atoms with Crippen molar-refractivity contribution in [1.82, 2.24) is 10.6 Å². The van der Waals surface area contributed by atoms with Gasteiger partial charge in [0.15, 0.2) is 0 Å². The monoisotopic (exact) mass is 393 g/mol. The quantitative estimate of drug-likeness (QED) is 0.230. The molecule has 0 aromatic heterocycles. The van der Waals surface area contributed by atoms with Crippen molar-refractivity contribution in [3.63, 3.8) is 0 Å². The topological polar surface area (TPSA) is 200 Å². The van der Waals surface area contributed by atoms with Crippen molar-refractivity contribution >= 4 is 34.3 Å². The Morgan fingerprint density at radius 2 is 1.73 bits per heavy atom. The third kappa shape index (κ3) is 6.59. The first-order valence-electron chi connectivity index (χ1n) is 7.92.